The predicted molar refractivity (Wildman–Crippen MR) is 56.6 cm³/mol. The number of rotatable bonds is 2. The van der Waals surface area contributed by atoms with Crippen molar-refractivity contribution in [3.8, 4) is 5.88 Å². The fraction of sp³-hybridized carbons (Fsp3) is 0.167. The van der Waals surface area contributed by atoms with Crippen LogP contribution < -0.4 is 4.74 Å². The van der Waals surface area contributed by atoms with Crippen molar-refractivity contribution in [2.45, 2.75) is 11.4 Å². The Hall–Kier alpha value is -0.360. The molecule has 0 fully saturated rings. The zero-order chi connectivity index (χ0) is 13.4. The van der Waals surface area contributed by atoms with Crippen molar-refractivity contribution in [2.24, 2.45) is 0 Å². The second-order valence-electron chi connectivity index (χ2n) is 2.55. The van der Waals surface area contributed by atoms with E-state index in [1.807, 2.05) is 0 Å². The van der Waals surface area contributed by atoms with Crippen molar-refractivity contribution in [3.63, 3.8) is 0 Å². The highest BCUT2D eigenvalue weighted by Gasteiger charge is 2.33. The molecule has 0 spiro atoms. The lowest BCUT2D eigenvalue weighted by Crippen LogP contribution is -2.19. The molecular formula is C6HClF4INO3S. The van der Waals surface area contributed by atoms with Gasteiger partial charge in [-0.15, -0.1) is 13.2 Å². The zero-order valence-corrected chi connectivity index (χ0v) is 11.2. The van der Waals surface area contributed by atoms with Crippen LogP contribution in [0, 0.1) is 9.39 Å². The summed E-state index contributed by atoms with van der Waals surface area (Å²) in [5.41, 5.74) is 0. The van der Waals surface area contributed by atoms with Gasteiger partial charge in [0.25, 0.3) is 9.05 Å². The largest absolute Gasteiger partial charge is 0.574 e. The zero-order valence-electron chi connectivity index (χ0n) is 7.43. The molecule has 11 heteroatoms. The van der Waals surface area contributed by atoms with Crippen LogP contribution in [0.2, 0.25) is 0 Å². The minimum atomic E-state index is -5.11. The fourth-order valence-electron chi connectivity index (χ4n) is 0.788. The molecule has 0 atom stereocenters. The molecule has 0 radical (unpaired) electrons. The average Bonchev–Trinajstić information content (AvgIpc) is 2.06. The van der Waals surface area contributed by atoms with Crippen LogP contribution in [0.4, 0.5) is 17.6 Å². The van der Waals surface area contributed by atoms with Crippen LogP contribution in [0.25, 0.3) is 0 Å². The maximum atomic E-state index is 13.1. The summed E-state index contributed by atoms with van der Waals surface area (Å²) in [6, 6.07) is 0.306. The van der Waals surface area contributed by atoms with E-state index in [2.05, 4.69) is 9.72 Å². The number of pyridine rings is 1. The Morgan fingerprint density at radius 1 is 1.41 bits per heavy atom. The van der Waals surface area contributed by atoms with E-state index in [0.717, 1.165) is 0 Å². The minimum absolute atomic E-state index is 0.306. The molecule has 17 heavy (non-hydrogen) atoms. The van der Waals surface area contributed by atoms with Crippen LogP contribution in [0.3, 0.4) is 0 Å². The number of nitrogens with zero attached hydrogens (tertiary/aromatic N) is 1. The summed E-state index contributed by atoms with van der Waals surface area (Å²) in [7, 11) is 0.413. The lowest BCUT2D eigenvalue weighted by atomic mass is 10.5. The van der Waals surface area contributed by atoms with Crippen LogP contribution >= 0.6 is 33.3 Å². The maximum absolute atomic E-state index is 13.1. The summed E-state index contributed by atoms with van der Waals surface area (Å²) in [6.07, 6.45) is -5.11. The summed E-state index contributed by atoms with van der Waals surface area (Å²) < 4.78 is 73.2. The van der Waals surface area contributed by atoms with Crippen molar-refractivity contribution in [2.75, 3.05) is 0 Å². The Morgan fingerprint density at radius 2 is 1.94 bits per heavy atom. The SMILES string of the molecule is O=S(=O)(Cl)c1nc(OC(F)(F)F)cc(F)c1I. The lowest BCUT2D eigenvalue weighted by molar-refractivity contribution is -0.276. The third-order valence-corrected chi connectivity index (χ3v) is 3.90. The molecule has 4 nitrogen and oxygen atoms in total. The van der Waals surface area contributed by atoms with Gasteiger partial charge < -0.3 is 4.74 Å². The first-order valence-electron chi connectivity index (χ1n) is 3.57. The monoisotopic (exact) mass is 405 g/mol. The predicted octanol–water partition coefficient (Wildman–Crippen LogP) is 2.65. The Kier molecular flexibility index (Phi) is 4.08. The van der Waals surface area contributed by atoms with Gasteiger partial charge in [-0.05, 0) is 22.6 Å². The molecule has 1 aromatic heterocycles. The van der Waals surface area contributed by atoms with E-state index in [1.54, 1.807) is 0 Å². The summed E-state index contributed by atoms with van der Waals surface area (Å²) in [5, 5.41) is -1.03. The summed E-state index contributed by atoms with van der Waals surface area (Å²) >= 11 is 1.25. The van der Waals surface area contributed by atoms with Crippen molar-refractivity contribution in [1.29, 1.82) is 0 Å². The number of alkyl halides is 3. The molecule has 96 valence electrons. The van der Waals surface area contributed by atoms with Gasteiger partial charge in [-0.1, -0.05) is 0 Å². The molecule has 0 saturated heterocycles. The Bertz CT molecular complexity index is 547. The van der Waals surface area contributed by atoms with Gasteiger partial charge in [0.05, 0.1) is 3.57 Å². The highest BCUT2D eigenvalue weighted by atomic mass is 127. The van der Waals surface area contributed by atoms with Crippen LogP contribution in [0.5, 0.6) is 5.88 Å². The van der Waals surface area contributed by atoms with Crippen LogP contribution in [-0.2, 0) is 9.05 Å². The van der Waals surface area contributed by atoms with E-state index in [4.69, 9.17) is 10.7 Å². The van der Waals surface area contributed by atoms with Crippen LogP contribution in [-0.4, -0.2) is 19.8 Å². The van der Waals surface area contributed by atoms with Gasteiger partial charge in [0.1, 0.15) is 5.82 Å². The van der Waals surface area contributed by atoms with E-state index in [0.29, 0.717) is 6.07 Å². The third kappa shape index (κ3) is 4.10. The van der Waals surface area contributed by atoms with Gasteiger partial charge in [0, 0.05) is 16.7 Å². The molecular weight excluding hydrogens is 404 g/mol. The van der Waals surface area contributed by atoms with Crippen molar-refractivity contribution in [1.82, 2.24) is 4.98 Å². The number of hydrogen-bond donors (Lipinski definition) is 0. The molecule has 0 aliphatic carbocycles. The molecule has 1 rings (SSSR count). The first-order valence-corrected chi connectivity index (χ1v) is 6.96. The molecule has 0 aliphatic heterocycles. The van der Waals surface area contributed by atoms with E-state index < -0.39 is 35.7 Å². The van der Waals surface area contributed by atoms with E-state index in [1.165, 1.54) is 22.6 Å². The first kappa shape index (κ1) is 14.7. The second kappa shape index (κ2) is 4.72. The summed E-state index contributed by atoms with van der Waals surface area (Å²) in [4.78, 5) is 2.98. The summed E-state index contributed by atoms with van der Waals surface area (Å²) in [6.45, 7) is 0. The van der Waals surface area contributed by atoms with Gasteiger partial charge in [-0.3, -0.25) is 0 Å². The number of ether oxygens (including phenoxy) is 1. The van der Waals surface area contributed by atoms with E-state index >= 15 is 0 Å². The summed E-state index contributed by atoms with van der Waals surface area (Å²) in [5.74, 6) is -2.48. The Balaban J connectivity index is 3.35. The maximum Gasteiger partial charge on any atom is 0.574 e. The van der Waals surface area contributed by atoms with E-state index in [9.17, 15) is 26.0 Å². The first-order chi connectivity index (χ1) is 7.50. The van der Waals surface area contributed by atoms with Gasteiger partial charge in [0.2, 0.25) is 5.88 Å². The van der Waals surface area contributed by atoms with Crippen molar-refractivity contribution in [3.05, 3.63) is 15.5 Å². The van der Waals surface area contributed by atoms with Gasteiger partial charge in [0.15, 0.2) is 5.03 Å². The number of aromatic nitrogens is 1. The lowest BCUT2D eigenvalue weighted by Gasteiger charge is -2.09. The average molecular weight is 405 g/mol. The third-order valence-electron chi connectivity index (χ3n) is 1.31. The van der Waals surface area contributed by atoms with Crippen LogP contribution in [0.1, 0.15) is 0 Å². The molecule has 0 amide bonds. The normalized spacial score (nSPS) is 12.6. The molecule has 0 bridgehead atoms. The molecule has 0 aliphatic rings. The van der Waals surface area contributed by atoms with Gasteiger partial charge in [-0.2, -0.15) is 4.98 Å². The molecule has 1 aromatic rings. The topological polar surface area (TPSA) is 56.3 Å². The highest BCUT2D eigenvalue weighted by Crippen LogP contribution is 2.28. The number of halogens is 6. The molecule has 0 aromatic carbocycles. The molecule has 0 N–H and O–H groups in total. The second-order valence-corrected chi connectivity index (χ2v) is 6.11. The molecule has 1 heterocycles. The quantitative estimate of drug-likeness (QED) is 0.431. The Labute approximate surface area is 110 Å². The fourth-order valence-corrected chi connectivity index (χ4v) is 3.17. The van der Waals surface area contributed by atoms with Crippen molar-refractivity contribution >= 4 is 42.3 Å². The van der Waals surface area contributed by atoms with Crippen molar-refractivity contribution < 1.29 is 30.7 Å². The standard InChI is InChI=1S/C6HClF4INO3S/c7-17(14,15)5-4(12)2(8)1-3(13-5)16-6(9,10)11/h1H. The van der Waals surface area contributed by atoms with Crippen LogP contribution in [0.15, 0.2) is 11.1 Å². The highest BCUT2D eigenvalue weighted by molar-refractivity contribution is 14.1. The van der Waals surface area contributed by atoms with E-state index in [-0.39, 0.29) is 0 Å². The molecule has 0 saturated carbocycles. The smallest absolute Gasteiger partial charge is 0.388 e. The van der Waals surface area contributed by atoms with Gasteiger partial charge >= 0.3 is 6.36 Å². The number of hydrogen-bond acceptors (Lipinski definition) is 4. The Morgan fingerprint density at radius 3 is 2.35 bits per heavy atom. The molecule has 0 unspecified atom stereocenters. The minimum Gasteiger partial charge on any atom is -0.388 e. The van der Waals surface area contributed by atoms with Gasteiger partial charge in [-0.25, -0.2) is 12.8 Å².